The van der Waals surface area contributed by atoms with Crippen molar-refractivity contribution in [2.45, 2.75) is 19.2 Å². The third-order valence-electron chi connectivity index (χ3n) is 3.27. The van der Waals surface area contributed by atoms with E-state index in [1.54, 1.807) is 11.8 Å². The average molecular weight is 385 g/mol. The van der Waals surface area contributed by atoms with Crippen molar-refractivity contribution < 1.29 is 4.79 Å². The summed E-state index contributed by atoms with van der Waals surface area (Å²) in [5.74, 6) is 1.25. The Balaban J connectivity index is 0.00000288. The lowest BCUT2D eigenvalue weighted by Crippen LogP contribution is -2.18. The molecule has 3 nitrogen and oxygen atoms in total. The van der Waals surface area contributed by atoms with Crippen LogP contribution in [0.1, 0.15) is 18.1 Å². The van der Waals surface area contributed by atoms with Gasteiger partial charge < -0.3 is 10.6 Å². The van der Waals surface area contributed by atoms with Gasteiger partial charge >= 0.3 is 0 Å². The molecule has 0 unspecified atom stereocenters. The van der Waals surface area contributed by atoms with Gasteiger partial charge in [-0.2, -0.15) is 0 Å². The Morgan fingerprint density at radius 3 is 2.54 bits per heavy atom. The highest BCUT2D eigenvalue weighted by Gasteiger charge is 2.06. The Kier molecular flexibility index (Phi) is 9.88. The van der Waals surface area contributed by atoms with Crippen molar-refractivity contribution in [1.29, 1.82) is 0 Å². The fourth-order valence-electron chi connectivity index (χ4n) is 2.08. The summed E-state index contributed by atoms with van der Waals surface area (Å²) >= 11 is 7.45. The summed E-state index contributed by atoms with van der Waals surface area (Å²) in [5, 5.41) is 7.00. The fourth-order valence-corrected chi connectivity index (χ4v) is 3.00. The number of para-hydroxylation sites is 1. The zero-order chi connectivity index (χ0) is 16.5. The molecule has 24 heavy (non-hydrogen) atoms. The number of hydrogen-bond donors (Lipinski definition) is 2. The second-order valence-corrected chi connectivity index (χ2v) is 6.53. The minimum absolute atomic E-state index is 0. The minimum atomic E-state index is 0. The minimum Gasteiger partial charge on any atom is -0.325 e. The fraction of sp³-hybridized carbons (Fsp3) is 0.278. The molecule has 2 N–H and O–H groups in total. The Bertz CT molecular complexity index is 635. The zero-order valence-corrected chi connectivity index (χ0v) is 15.9. The molecule has 2 rings (SSSR count). The first-order valence-electron chi connectivity index (χ1n) is 7.59. The Morgan fingerprint density at radius 2 is 1.83 bits per heavy atom. The Labute approximate surface area is 159 Å². The quantitative estimate of drug-likeness (QED) is 0.690. The summed E-state index contributed by atoms with van der Waals surface area (Å²) in [6.45, 7) is 3.72. The topological polar surface area (TPSA) is 41.1 Å². The molecule has 2 aromatic carbocycles. The molecule has 0 radical (unpaired) electrons. The Morgan fingerprint density at radius 1 is 1.12 bits per heavy atom. The average Bonchev–Trinajstić information content (AvgIpc) is 2.56. The summed E-state index contributed by atoms with van der Waals surface area (Å²) < 4.78 is 0. The first-order chi connectivity index (χ1) is 11.2. The van der Waals surface area contributed by atoms with E-state index in [1.165, 1.54) is 5.56 Å². The molecule has 130 valence electrons. The van der Waals surface area contributed by atoms with Gasteiger partial charge in [-0.1, -0.05) is 48.9 Å². The van der Waals surface area contributed by atoms with Gasteiger partial charge in [0.05, 0.1) is 5.75 Å². The number of rotatable bonds is 8. The van der Waals surface area contributed by atoms with Gasteiger partial charge in [-0.3, -0.25) is 4.79 Å². The predicted molar refractivity (Wildman–Crippen MR) is 107 cm³/mol. The van der Waals surface area contributed by atoms with Crippen LogP contribution in [0.2, 0.25) is 5.02 Å². The van der Waals surface area contributed by atoms with Crippen LogP contribution in [0.4, 0.5) is 5.69 Å². The largest absolute Gasteiger partial charge is 0.325 e. The van der Waals surface area contributed by atoms with Crippen LogP contribution < -0.4 is 10.6 Å². The van der Waals surface area contributed by atoms with Crippen LogP contribution in [0.15, 0.2) is 48.5 Å². The lowest BCUT2D eigenvalue weighted by Gasteiger charge is -2.11. The molecule has 0 aliphatic heterocycles. The van der Waals surface area contributed by atoms with Crippen molar-refractivity contribution in [2.24, 2.45) is 0 Å². The van der Waals surface area contributed by atoms with Crippen molar-refractivity contribution >= 4 is 47.4 Å². The molecule has 0 bridgehead atoms. The molecule has 0 aliphatic carbocycles. The molecule has 0 saturated heterocycles. The number of hydrogen-bond acceptors (Lipinski definition) is 3. The molecule has 2 aromatic rings. The van der Waals surface area contributed by atoms with Crippen molar-refractivity contribution in [3.05, 3.63) is 64.7 Å². The summed E-state index contributed by atoms with van der Waals surface area (Å²) in [4.78, 5) is 12.1. The second-order valence-electron chi connectivity index (χ2n) is 5.10. The van der Waals surface area contributed by atoms with E-state index in [1.807, 2.05) is 48.5 Å². The number of benzene rings is 2. The molecule has 0 saturated carbocycles. The number of thioether (sulfide) groups is 1. The summed E-state index contributed by atoms with van der Waals surface area (Å²) in [6, 6.07) is 15.6. The maximum Gasteiger partial charge on any atom is 0.234 e. The smallest absolute Gasteiger partial charge is 0.234 e. The van der Waals surface area contributed by atoms with E-state index in [-0.39, 0.29) is 18.3 Å². The molecule has 0 atom stereocenters. The van der Waals surface area contributed by atoms with Crippen LogP contribution in [-0.2, 0) is 17.1 Å². The number of carbonyl (C=O) groups is 1. The zero-order valence-electron chi connectivity index (χ0n) is 13.5. The van der Waals surface area contributed by atoms with Gasteiger partial charge in [0, 0.05) is 23.0 Å². The van der Waals surface area contributed by atoms with Crippen LogP contribution in [0.3, 0.4) is 0 Å². The van der Waals surface area contributed by atoms with E-state index in [9.17, 15) is 4.79 Å². The van der Waals surface area contributed by atoms with E-state index < -0.39 is 0 Å². The van der Waals surface area contributed by atoms with Crippen molar-refractivity contribution in [3.63, 3.8) is 0 Å². The van der Waals surface area contributed by atoms with Gasteiger partial charge in [-0.25, -0.2) is 0 Å². The highest BCUT2D eigenvalue weighted by atomic mass is 35.5. The summed E-state index contributed by atoms with van der Waals surface area (Å²) in [5.41, 5.74) is 3.15. The third-order valence-corrected chi connectivity index (χ3v) is 4.53. The van der Waals surface area contributed by atoms with Crippen molar-refractivity contribution in [3.8, 4) is 0 Å². The van der Waals surface area contributed by atoms with Gasteiger partial charge in [0.15, 0.2) is 0 Å². The second kappa shape index (κ2) is 11.4. The molecular weight excluding hydrogens is 363 g/mol. The standard InChI is InChI=1S/C18H21ClN2OS.ClH/c1-2-20-11-15-5-3-4-6-17(15)21-18(22)13-23-12-14-7-9-16(19)10-8-14;/h3-10,20H,2,11-13H2,1H3,(H,21,22);1H. The van der Waals surface area contributed by atoms with E-state index in [0.29, 0.717) is 5.75 Å². The highest BCUT2D eigenvalue weighted by Crippen LogP contribution is 2.18. The SMILES string of the molecule is CCNCc1ccccc1NC(=O)CSCc1ccc(Cl)cc1.Cl. The monoisotopic (exact) mass is 384 g/mol. The van der Waals surface area contributed by atoms with Gasteiger partial charge in [0.25, 0.3) is 0 Å². The Hall–Kier alpha value is -1.20. The third kappa shape index (κ3) is 7.14. The van der Waals surface area contributed by atoms with Crippen LogP contribution in [0, 0.1) is 0 Å². The van der Waals surface area contributed by atoms with E-state index in [0.717, 1.165) is 35.1 Å². The van der Waals surface area contributed by atoms with Crippen LogP contribution in [-0.4, -0.2) is 18.2 Å². The van der Waals surface area contributed by atoms with Crippen LogP contribution >= 0.6 is 35.8 Å². The first kappa shape index (κ1) is 20.8. The lowest BCUT2D eigenvalue weighted by molar-refractivity contribution is -0.113. The predicted octanol–water partition coefficient (Wildman–Crippen LogP) is 4.74. The van der Waals surface area contributed by atoms with Crippen molar-refractivity contribution in [1.82, 2.24) is 5.32 Å². The molecule has 0 aliphatic rings. The molecule has 0 fully saturated rings. The number of carbonyl (C=O) groups excluding carboxylic acids is 1. The maximum atomic E-state index is 12.1. The van der Waals surface area contributed by atoms with Crippen LogP contribution in [0.5, 0.6) is 0 Å². The first-order valence-corrected chi connectivity index (χ1v) is 9.13. The summed E-state index contributed by atoms with van der Waals surface area (Å²) in [6.07, 6.45) is 0. The van der Waals surface area contributed by atoms with Crippen molar-refractivity contribution in [2.75, 3.05) is 17.6 Å². The van der Waals surface area contributed by atoms with Gasteiger partial charge in [0.2, 0.25) is 5.91 Å². The number of halogens is 2. The van der Waals surface area contributed by atoms with E-state index >= 15 is 0 Å². The maximum absolute atomic E-state index is 12.1. The van der Waals surface area contributed by atoms with Gasteiger partial charge in [-0.05, 0) is 35.9 Å². The molecule has 0 heterocycles. The number of anilines is 1. The molecule has 0 aromatic heterocycles. The number of nitrogens with one attached hydrogen (secondary N) is 2. The summed E-state index contributed by atoms with van der Waals surface area (Å²) in [7, 11) is 0. The molecule has 1 amide bonds. The number of amides is 1. The highest BCUT2D eigenvalue weighted by molar-refractivity contribution is 7.99. The normalized spacial score (nSPS) is 10.1. The van der Waals surface area contributed by atoms with Gasteiger partial charge in [-0.15, -0.1) is 24.2 Å². The van der Waals surface area contributed by atoms with Crippen LogP contribution in [0.25, 0.3) is 0 Å². The van der Waals surface area contributed by atoms with E-state index in [2.05, 4.69) is 17.6 Å². The lowest BCUT2D eigenvalue weighted by atomic mass is 10.1. The molecule has 0 spiro atoms. The van der Waals surface area contributed by atoms with E-state index in [4.69, 9.17) is 11.6 Å². The van der Waals surface area contributed by atoms with Gasteiger partial charge in [0.1, 0.15) is 0 Å². The molecular formula is C18H22Cl2N2OS. The molecule has 6 heteroatoms.